The van der Waals surface area contributed by atoms with Gasteiger partial charge in [-0.3, -0.25) is 0 Å². The Morgan fingerprint density at radius 1 is 0.905 bits per heavy atom. The molecule has 0 aliphatic rings. The molecule has 0 bridgehead atoms. The third-order valence-electron chi connectivity index (χ3n) is 2.94. The van der Waals surface area contributed by atoms with Gasteiger partial charge < -0.3 is 18.9 Å². The van der Waals surface area contributed by atoms with Crippen molar-refractivity contribution in [3.8, 4) is 0 Å². The van der Waals surface area contributed by atoms with E-state index >= 15 is 0 Å². The summed E-state index contributed by atoms with van der Waals surface area (Å²) in [6, 6.07) is 8.40. The fourth-order valence-electron chi connectivity index (χ4n) is 1.72. The fourth-order valence-corrected chi connectivity index (χ4v) is 2.29. The van der Waals surface area contributed by atoms with Crippen LogP contribution in [0.1, 0.15) is 17.2 Å². The first-order valence-corrected chi connectivity index (χ1v) is 8.28. The Bertz CT molecular complexity index is 356. The van der Waals surface area contributed by atoms with Crippen molar-refractivity contribution in [1.82, 2.24) is 0 Å². The molecule has 5 heteroatoms. The number of hydrogen-bond donors (Lipinski definition) is 0. The molecule has 1 aromatic carbocycles. The lowest BCUT2D eigenvalue weighted by atomic mass is 10.1. The van der Waals surface area contributed by atoms with Crippen LogP contribution in [-0.4, -0.2) is 52.1 Å². The summed E-state index contributed by atoms with van der Waals surface area (Å²) in [7, 11) is 1.66. The fraction of sp³-hybridized carbons (Fsp3) is 0.625. The van der Waals surface area contributed by atoms with Gasteiger partial charge >= 0.3 is 0 Å². The van der Waals surface area contributed by atoms with E-state index in [0.29, 0.717) is 39.6 Å². The van der Waals surface area contributed by atoms with E-state index in [2.05, 4.69) is 47.1 Å². The first-order chi connectivity index (χ1) is 10.3. The maximum absolute atomic E-state index is 5.83. The van der Waals surface area contributed by atoms with E-state index in [1.54, 1.807) is 7.11 Å². The first kappa shape index (κ1) is 18.6. The SMILES string of the molecule is COCCOCCOCCOC(CBr)c1ccc(C)cc1. The van der Waals surface area contributed by atoms with Crippen LogP contribution in [0.15, 0.2) is 24.3 Å². The molecule has 0 radical (unpaired) electrons. The second-order valence-electron chi connectivity index (χ2n) is 4.64. The van der Waals surface area contributed by atoms with E-state index in [1.807, 2.05) is 0 Å². The predicted octanol–water partition coefficient (Wildman–Crippen LogP) is 3.13. The average Bonchev–Trinajstić information content (AvgIpc) is 2.51. The summed E-state index contributed by atoms with van der Waals surface area (Å²) >= 11 is 3.49. The summed E-state index contributed by atoms with van der Waals surface area (Å²) in [6.45, 7) is 5.61. The summed E-state index contributed by atoms with van der Waals surface area (Å²) in [6.07, 6.45) is 0.0622. The summed E-state index contributed by atoms with van der Waals surface area (Å²) < 4.78 is 21.5. The van der Waals surface area contributed by atoms with Gasteiger partial charge in [-0.15, -0.1) is 0 Å². The highest BCUT2D eigenvalue weighted by Crippen LogP contribution is 2.20. The Morgan fingerprint density at radius 3 is 2.05 bits per heavy atom. The molecule has 1 atom stereocenters. The van der Waals surface area contributed by atoms with Crippen LogP contribution >= 0.6 is 15.9 Å². The molecule has 120 valence electrons. The van der Waals surface area contributed by atoms with Gasteiger partial charge in [0, 0.05) is 12.4 Å². The zero-order valence-corrected chi connectivity index (χ0v) is 14.4. The average molecular weight is 361 g/mol. The van der Waals surface area contributed by atoms with Crippen molar-refractivity contribution in [3.05, 3.63) is 35.4 Å². The van der Waals surface area contributed by atoms with E-state index in [0.717, 1.165) is 5.33 Å². The number of alkyl halides is 1. The van der Waals surface area contributed by atoms with E-state index in [1.165, 1.54) is 11.1 Å². The third-order valence-corrected chi connectivity index (χ3v) is 3.53. The van der Waals surface area contributed by atoms with Crippen molar-refractivity contribution in [2.75, 3.05) is 52.1 Å². The highest BCUT2D eigenvalue weighted by atomic mass is 79.9. The first-order valence-electron chi connectivity index (χ1n) is 7.16. The lowest BCUT2D eigenvalue weighted by molar-refractivity contribution is -0.0113. The molecule has 0 N–H and O–H groups in total. The molecule has 1 unspecified atom stereocenters. The van der Waals surface area contributed by atoms with Crippen LogP contribution in [0, 0.1) is 6.92 Å². The monoisotopic (exact) mass is 360 g/mol. The van der Waals surface area contributed by atoms with Crippen LogP contribution in [0.2, 0.25) is 0 Å². The Morgan fingerprint density at radius 2 is 1.48 bits per heavy atom. The molecular formula is C16H25BrO4. The van der Waals surface area contributed by atoms with E-state index in [-0.39, 0.29) is 6.10 Å². The third kappa shape index (κ3) is 8.53. The number of aryl methyl sites for hydroxylation is 1. The molecule has 0 aromatic heterocycles. The Kier molecular flexibility index (Phi) is 10.7. The number of methoxy groups -OCH3 is 1. The molecule has 21 heavy (non-hydrogen) atoms. The molecule has 1 aromatic rings. The molecule has 0 fully saturated rings. The number of hydrogen-bond acceptors (Lipinski definition) is 4. The van der Waals surface area contributed by atoms with Gasteiger partial charge in [-0.05, 0) is 12.5 Å². The minimum atomic E-state index is 0.0622. The Labute approximate surface area is 135 Å². The standard InChI is InChI=1S/C16H25BrO4/c1-14-3-5-15(6-4-14)16(13-17)21-12-11-20-10-9-19-8-7-18-2/h3-6,16H,7-13H2,1-2H3. The molecule has 0 saturated heterocycles. The smallest absolute Gasteiger partial charge is 0.0922 e. The highest BCUT2D eigenvalue weighted by Gasteiger charge is 2.09. The van der Waals surface area contributed by atoms with Crippen LogP contribution in [0.5, 0.6) is 0 Å². The number of benzene rings is 1. The molecule has 0 saturated carbocycles. The predicted molar refractivity (Wildman–Crippen MR) is 87.2 cm³/mol. The number of halogens is 1. The molecule has 0 aliphatic carbocycles. The second kappa shape index (κ2) is 12.1. The van der Waals surface area contributed by atoms with Gasteiger partial charge in [-0.2, -0.15) is 0 Å². The molecule has 1 rings (SSSR count). The summed E-state index contributed by atoms with van der Waals surface area (Å²) in [5.41, 5.74) is 2.43. The highest BCUT2D eigenvalue weighted by molar-refractivity contribution is 9.09. The molecule has 0 amide bonds. The minimum Gasteiger partial charge on any atom is -0.382 e. The van der Waals surface area contributed by atoms with E-state index in [4.69, 9.17) is 18.9 Å². The van der Waals surface area contributed by atoms with Gasteiger partial charge in [0.15, 0.2) is 0 Å². The number of ether oxygens (including phenoxy) is 4. The largest absolute Gasteiger partial charge is 0.382 e. The van der Waals surface area contributed by atoms with Gasteiger partial charge in [-0.25, -0.2) is 0 Å². The van der Waals surface area contributed by atoms with Crippen molar-refractivity contribution in [2.24, 2.45) is 0 Å². The van der Waals surface area contributed by atoms with Crippen molar-refractivity contribution in [1.29, 1.82) is 0 Å². The van der Waals surface area contributed by atoms with Gasteiger partial charge in [0.1, 0.15) is 0 Å². The van der Waals surface area contributed by atoms with Crippen molar-refractivity contribution < 1.29 is 18.9 Å². The van der Waals surface area contributed by atoms with Crippen molar-refractivity contribution >= 4 is 15.9 Å². The second-order valence-corrected chi connectivity index (χ2v) is 5.29. The maximum atomic E-state index is 5.83. The quantitative estimate of drug-likeness (QED) is 0.423. The summed E-state index contributed by atoms with van der Waals surface area (Å²) in [5.74, 6) is 0. The van der Waals surface area contributed by atoms with Crippen LogP contribution in [0.25, 0.3) is 0 Å². The van der Waals surface area contributed by atoms with Gasteiger partial charge in [-0.1, -0.05) is 45.8 Å². The number of rotatable bonds is 12. The van der Waals surface area contributed by atoms with Crippen molar-refractivity contribution in [2.45, 2.75) is 13.0 Å². The molecule has 0 spiro atoms. The summed E-state index contributed by atoms with van der Waals surface area (Å²) in [4.78, 5) is 0. The van der Waals surface area contributed by atoms with E-state index < -0.39 is 0 Å². The topological polar surface area (TPSA) is 36.9 Å². The van der Waals surface area contributed by atoms with E-state index in [9.17, 15) is 0 Å². The molecule has 0 aliphatic heterocycles. The summed E-state index contributed by atoms with van der Waals surface area (Å²) in [5, 5.41) is 0.774. The lowest BCUT2D eigenvalue weighted by Crippen LogP contribution is -2.13. The molecular weight excluding hydrogens is 336 g/mol. The Hall–Kier alpha value is -0.460. The van der Waals surface area contributed by atoms with Crippen LogP contribution < -0.4 is 0 Å². The van der Waals surface area contributed by atoms with Crippen LogP contribution in [-0.2, 0) is 18.9 Å². The van der Waals surface area contributed by atoms with Gasteiger partial charge in [0.2, 0.25) is 0 Å². The van der Waals surface area contributed by atoms with Gasteiger partial charge in [0.25, 0.3) is 0 Å². The Balaban J connectivity index is 2.08. The van der Waals surface area contributed by atoms with Crippen molar-refractivity contribution in [3.63, 3.8) is 0 Å². The zero-order chi connectivity index (χ0) is 15.3. The zero-order valence-electron chi connectivity index (χ0n) is 12.8. The van der Waals surface area contributed by atoms with Crippen LogP contribution in [0.4, 0.5) is 0 Å². The molecule has 4 nitrogen and oxygen atoms in total. The van der Waals surface area contributed by atoms with Gasteiger partial charge in [0.05, 0.1) is 45.7 Å². The maximum Gasteiger partial charge on any atom is 0.0922 e. The normalized spacial score (nSPS) is 12.5. The lowest BCUT2D eigenvalue weighted by Gasteiger charge is -2.16. The minimum absolute atomic E-state index is 0.0622. The molecule has 0 heterocycles. The van der Waals surface area contributed by atoms with Crippen LogP contribution in [0.3, 0.4) is 0 Å².